The molecule has 2 nitrogen and oxygen atoms in total. The number of aliphatic hydroxyl groups is 1. The van der Waals surface area contributed by atoms with Crippen molar-refractivity contribution in [3.8, 4) is 0 Å². The fourth-order valence-corrected chi connectivity index (χ4v) is 3.41. The second kappa shape index (κ2) is 5.91. The third kappa shape index (κ3) is 3.47. The molecule has 19 heavy (non-hydrogen) atoms. The van der Waals surface area contributed by atoms with Crippen LogP contribution in [0.25, 0.3) is 0 Å². The average molecular weight is 265 g/mol. The molecule has 1 aromatic rings. The lowest BCUT2D eigenvalue weighted by Gasteiger charge is -2.41. The molecule has 1 N–H and O–H groups in total. The molecular weight excluding hydrogens is 241 g/mol. The molecule has 106 valence electrons. The maximum Gasteiger partial charge on any atom is 0.125 e. The van der Waals surface area contributed by atoms with E-state index in [2.05, 4.69) is 11.8 Å². The Morgan fingerprint density at radius 2 is 2.26 bits per heavy atom. The van der Waals surface area contributed by atoms with E-state index in [9.17, 15) is 9.50 Å². The lowest BCUT2D eigenvalue weighted by molar-refractivity contribution is 0.0676. The van der Waals surface area contributed by atoms with Crippen molar-refractivity contribution >= 4 is 5.69 Å². The highest BCUT2D eigenvalue weighted by Crippen LogP contribution is 2.40. The molecule has 1 aliphatic rings. The SMILES string of the molecule is CC1CCCC(CO)(CN(C)c2cccc(F)c2)C1. The molecule has 2 atom stereocenters. The van der Waals surface area contributed by atoms with Gasteiger partial charge in [0.05, 0.1) is 6.61 Å². The molecule has 0 heterocycles. The highest BCUT2D eigenvalue weighted by Gasteiger charge is 2.35. The summed E-state index contributed by atoms with van der Waals surface area (Å²) in [5, 5.41) is 9.81. The standard InChI is InChI=1S/C16H24FNO/c1-13-5-4-8-16(10-13,12-19)11-18(2)15-7-3-6-14(17)9-15/h3,6-7,9,13,19H,4-5,8,10-12H2,1-2H3. The first kappa shape index (κ1) is 14.3. The number of rotatable bonds is 4. The van der Waals surface area contributed by atoms with Crippen molar-refractivity contribution in [3.05, 3.63) is 30.1 Å². The topological polar surface area (TPSA) is 23.5 Å². The van der Waals surface area contributed by atoms with E-state index in [0.717, 1.165) is 25.1 Å². The molecule has 0 spiro atoms. The van der Waals surface area contributed by atoms with E-state index >= 15 is 0 Å². The second-order valence-electron chi connectivity index (χ2n) is 6.20. The molecule has 0 aromatic heterocycles. The van der Waals surface area contributed by atoms with Gasteiger partial charge in [-0.05, 0) is 37.0 Å². The zero-order valence-electron chi connectivity index (χ0n) is 11.9. The number of halogens is 1. The number of aliphatic hydroxyl groups excluding tert-OH is 1. The van der Waals surface area contributed by atoms with Crippen molar-refractivity contribution in [1.29, 1.82) is 0 Å². The van der Waals surface area contributed by atoms with Gasteiger partial charge >= 0.3 is 0 Å². The van der Waals surface area contributed by atoms with Crippen molar-refractivity contribution in [1.82, 2.24) is 0 Å². The summed E-state index contributed by atoms with van der Waals surface area (Å²) in [6.45, 7) is 3.26. The van der Waals surface area contributed by atoms with Crippen LogP contribution in [-0.4, -0.2) is 25.3 Å². The van der Waals surface area contributed by atoms with Gasteiger partial charge in [-0.2, -0.15) is 0 Å². The second-order valence-corrected chi connectivity index (χ2v) is 6.20. The molecule has 0 aliphatic heterocycles. The number of hydrogen-bond acceptors (Lipinski definition) is 2. The Labute approximate surface area is 115 Å². The minimum absolute atomic E-state index is 0.0290. The third-order valence-corrected chi connectivity index (χ3v) is 4.34. The van der Waals surface area contributed by atoms with Crippen molar-refractivity contribution < 1.29 is 9.50 Å². The van der Waals surface area contributed by atoms with Crippen LogP contribution in [0.2, 0.25) is 0 Å². The van der Waals surface area contributed by atoms with Gasteiger partial charge in [0, 0.05) is 24.7 Å². The van der Waals surface area contributed by atoms with Gasteiger partial charge in [-0.15, -0.1) is 0 Å². The first-order valence-corrected chi connectivity index (χ1v) is 7.12. The van der Waals surface area contributed by atoms with E-state index in [0.29, 0.717) is 5.92 Å². The fraction of sp³-hybridized carbons (Fsp3) is 0.625. The maximum absolute atomic E-state index is 13.3. The van der Waals surface area contributed by atoms with E-state index in [1.54, 1.807) is 12.1 Å². The Hall–Kier alpha value is -1.09. The van der Waals surface area contributed by atoms with Crippen molar-refractivity contribution in [3.63, 3.8) is 0 Å². The van der Waals surface area contributed by atoms with Gasteiger partial charge in [0.15, 0.2) is 0 Å². The zero-order chi connectivity index (χ0) is 13.9. The third-order valence-electron chi connectivity index (χ3n) is 4.34. The summed E-state index contributed by atoms with van der Waals surface area (Å²) in [7, 11) is 1.98. The largest absolute Gasteiger partial charge is 0.396 e. The van der Waals surface area contributed by atoms with E-state index in [-0.39, 0.29) is 17.8 Å². The molecule has 0 amide bonds. The quantitative estimate of drug-likeness (QED) is 0.901. The van der Waals surface area contributed by atoms with Gasteiger partial charge in [0.2, 0.25) is 0 Å². The minimum Gasteiger partial charge on any atom is -0.396 e. The first-order chi connectivity index (χ1) is 9.04. The minimum atomic E-state index is -0.209. The summed E-state index contributed by atoms with van der Waals surface area (Å²) in [6, 6.07) is 6.66. The Morgan fingerprint density at radius 3 is 2.89 bits per heavy atom. The van der Waals surface area contributed by atoms with Crippen LogP contribution >= 0.6 is 0 Å². The molecule has 1 fully saturated rings. The smallest absolute Gasteiger partial charge is 0.125 e. The molecule has 1 aromatic carbocycles. The molecule has 1 aliphatic carbocycles. The molecule has 1 saturated carbocycles. The van der Waals surface area contributed by atoms with Gasteiger partial charge in [0.1, 0.15) is 5.82 Å². The Bertz CT molecular complexity index is 423. The molecule has 0 bridgehead atoms. The van der Waals surface area contributed by atoms with Gasteiger partial charge in [0.25, 0.3) is 0 Å². The van der Waals surface area contributed by atoms with Crippen molar-refractivity contribution in [2.75, 3.05) is 25.1 Å². The Balaban J connectivity index is 2.09. The predicted octanol–water partition coefficient (Wildman–Crippen LogP) is 3.45. The average Bonchev–Trinajstić information content (AvgIpc) is 2.38. The summed E-state index contributed by atoms with van der Waals surface area (Å²) in [5.74, 6) is 0.459. The van der Waals surface area contributed by atoms with E-state index in [1.165, 1.54) is 18.9 Å². The van der Waals surface area contributed by atoms with Crippen LogP contribution < -0.4 is 4.90 Å². The maximum atomic E-state index is 13.3. The Kier molecular flexibility index (Phi) is 4.46. The van der Waals surface area contributed by atoms with E-state index in [4.69, 9.17) is 0 Å². The van der Waals surface area contributed by atoms with Gasteiger partial charge in [-0.1, -0.05) is 25.8 Å². The molecule has 0 saturated heterocycles. The molecule has 0 radical (unpaired) electrons. The van der Waals surface area contributed by atoms with Crippen LogP contribution in [0.15, 0.2) is 24.3 Å². The van der Waals surface area contributed by atoms with Gasteiger partial charge in [-0.3, -0.25) is 0 Å². The molecule has 3 heteroatoms. The van der Waals surface area contributed by atoms with Crippen LogP contribution in [0, 0.1) is 17.2 Å². The summed E-state index contributed by atoms with van der Waals surface area (Å²) in [4.78, 5) is 2.07. The lowest BCUT2D eigenvalue weighted by atomic mass is 9.70. The van der Waals surface area contributed by atoms with Crippen molar-refractivity contribution in [2.45, 2.75) is 32.6 Å². The monoisotopic (exact) mass is 265 g/mol. The van der Waals surface area contributed by atoms with E-state index in [1.807, 2.05) is 13.1 Å². The number of anilines is 1. The van der Waals surface area contributed by atoms with Crippen LogP contribution in [0.4, 0.5) is 10.1 Å². The zero-order valence-corrected chi connectivity index (χ0v) is 11.9. The van der Waals surface area contributed by atoms with Crippen molar-refractivity contribution in [2.24, 2.45) is 11.3 Å². The lowest BCUT2D eigenvalue weighted by Crippen LogP contribution is -2.41. The normalized spacial score (nSPS) is 27.3. The Morgan fingerprint density at radius 1 is 1.47 bits per heavy atom. The number of hydrogen-bond donors (Lipinski definition) is 1. The summed E-state index contributed by atoms with van der Waals surface area (Å²) >= 11 is 0. The number of benzene rings is 1. The van der Waals surface area contributed by atoms with Crippen LogP contribution in [-0.2, 0) is 0 Å². The predicted molar refractivity (Wildman–Crippen MR) is 76.8 cm³/mol. The molecular formula is C16H24FNO. The summed E-state index contributed by atoms with van der Waals surface area (Å²) in [6.07, 6.45) is 4.56. The van der Waals surface area contributed by atoms with Gasteiger partial charge in [-0.25, -0.2) is 4.39 Å². The van der Waals surface area contributed by atoms with Crippen LogP contribution in [0.3, 0.4) is 0 Å². The summed E-state index contributed by atoms with van der Waals surface area (Å²) in [5.41, 5.74) is 0.852. The first-order valence-electron chi connectivity index (χ1n) is 7.12. The molecule has 2 unspecified atom stereocenters. The van der Waals surface area contributed by atoms with Crippen LogP contribution in [0.5, 0.6) is 0 Å². The highest BCUT2D eigenvalue weighted by molar-refractivity contribution is 5.45. The van der Waals surface area contributed by atoms with Crippen LogP contribution in [0.1, 0.15) is 32.6 Å². The summed E-state index contributed by atoms with van der Waals surface area (Å²) < 4.78 is 13.3. The highest BCUT2D eigenvalue weighted by atomic mass is 19.1. The van der Waals surface area contributed by atoms with E-state index < -0.39 is 0 Å². The van der Waals surface area contributed by atoms with Gasteiger partial charge < -0.3 is 10.0 Å². The number of nitrogens with zero attached hydrogens (tertiary/aromatic N) is 1. The molecule has 2 rings (SSSR count). The fourth-order valence-electron chi connectivity index (χ4n) is 3.41.